The summed E-state index contributed by atoms with van der Waals surface area (Å²) in [7, 11) is 1.43. The number of carbonyl (C=O) groups is 1. The van der Waals surface area contributed by atoms with Gasteiger partial charge in [0.2, 0.25) is 0 Å². The number of rotatable bonds is 4. The number of halogens is 1. The number of methoxy groups -OCH3 is 1. The summed E-state index contributed by atoms with van der Waals surface area (Å²) in [6.07, 6.45) is -1.56. The van der Waals surface area contributed by atoms with Crippen molar-refractivity contribution < 1.29 is 19.0 Å². The van der Waals surface area contributed by atoms with Crippen LogP contribution in [0.15, 0.2) is 24.3 Å². The van der Waals surface area contributed by atoms with Crippen LogP contribution in [0.4, 0.5) is 4.39 Å². The fraction of sp³-hybridized carbons (Fsp3) is 0.364. The van der Waals surface area contributed by atoms with Crippen LogP contribution < -0.4 is 4.74 Å². The second-order valence-electron chi connectivity index (χ2n) is 3.27. The maximum Gasteiger partial charge on any atom is 0.309 e. The maximum absolute atomic E-state index is 13.8. The second kappa shape index (κ2) is 4.77. The highest BCUT2D eigenvalue weighted by Gasteiger charge is 2.26. The SMILES string of the molecule is COc1ccccc1C(F)C(C)C(=O)O. The number of benzene rings is 1. The van der Waals surface area contributed by atoms with Gasteiger partial charge >= 0.3 is 5.97 Å². The van der Waals surface area contributed by atoms with Crippen LogP contribution >= 0.6 is 0 Å². The number of para-hydroxylation sites is 1. The topological polar surface area (TPSA) is 46.5 Å². The van der Waals surface area contributed by atoms with Gasteiger partial charge in [-0.3, -0.25) is 4.79 Å². The van der Waals surface area contributed by atoms with Crippen molar-refractivity contribution in [1.29, 1.82) is 0 Å². The third kappa shape index (κ3) is 2.46. The maximum atomic E-state index is 13.8. The Balaban J connectivity index is 2.99. The van der Waals surface area contributed by atoms with Gasteiger partial charge in [0.25, 0.3) is 0 Å². The zero-order chi connectivity index (χ0) is 11.4. The number of alkyl halides is 1. The number of carboxylic acids is 1. The Kier molecular flexibility index (Phi) is 3.66. The van der Waals surface area contributed by atoms with Crippen LogP contribution in [0, 0.1) is 5.92 Å². The molecule has 0 amide bonds. The lowest BCUT2D eigenvalue weighted by Gasteiger charge is -2.15. The van der Waals surface area contributed by atoms with Gasteiger partial charge in [0.05, 0.1) is 13.0 Å². The highest BCUT2D eigenvalue weighted by atomic mass is 19.1. The van der Waals surface area contributed by atoms with E-state index in [0.717, 1.165) is 0 Å². The molecule has 1 aromatic rings. The predicted molar refractivity (Wildman–Crippen MR) is 53.6 cm³/mol. The van der Waals surface area contributed by atoms with Gasteiger partial charge in [-0.1, -0.05) is 18.2 Å². The van der Waals surface area contributed by atoms with Crippen molar-refractivity contribution in [3.8, 4) is 5.75 Å². The van der Waals surface area contributed by atoms with Crippen molar-refractivity contribution in [1.82, 2.24) is 0 Å². The molecule has 0 heterocycles. The van der Waals surface area contributed by atoms with Crippen LogP contribution in [-0.2, 0) is 4.79 Å². The minimum absolute atomic E-state index is 0.273. The normalized spacial score (nSPS) is 14.3. The first-order valence-electron chi connectivity index (χ1n) is 4.57. The van der Waals surface area contributed by atoms with E-state index in [1.165, 1.54) is 20.1 Å². The smallest absolute Gasteiger partial charge is 0.309 e. The molecular weight excluding hydrogens is 199 g/mol. The number of ether oxygens (including phenoxy) is 1. The van der Waals surface area contributed by atoms with Crippen molar-refractivity contribution in [3.63, 3.8) is 0 Å². The highest BCUT2D eigenvalue weighted by molar-refractivity contribution is 5.70. The lowest BCUT2D eigenvalue weighted by molar-refractivity contribution is -0.143. The van der Waals surface area contributed by atoms with Crippen LogP contribution in [0.1, 0.15) is 18.7 Å². The molecule has 0 aliphatic heterocycles. The van der Waals surface area contributed by atoms with Gasteiger partial charge in [-0.05, 0) is 13.0 Å². The van der Waals surface area contributed by atoms with E-state index in [4.69, 9.17) is 9.84 Å². The Labute approximate surface area is 87.5 Å². The molecule has 0 bridgehead atoms. The van der Waals surface area contributed by atoms with Gasteiger partial charge in [-0.25, -0.2) is 4.39 Å². The molecule has 1 N–H and O–H groups in total. The number of hydrogen-bond acceptors (Lipinski definition) is 2. The molecule has 82 valence electrons. The van der Waals surface area contributed by atoms with E-state index >= 15 is 0 Å². The summed E-state index contributed by atoms with van der Waals surface area (Å²) in [5, 5.41) is 8.70. The van der Waals surface area contributed by atoms with Gasteiger partial charge in [-0.2, -0.15) is 0 Å². The Hall–Kier alpha value is -1.58. The molecule has 4 heteroatoms. The largest absolute Gasteiger partial charge is 0.496 e. The summed E-state index contributed by atoms with van der Waals surface area (Å²) in [4.78, 5) is 10.6. The lowest BCUT2D eigenvalue weighted by Crippen LogP contribution is -2.16. The minimum Gasteiger partial charge on any atom is -0.496 e. The average Bonchev–Trinajstić information content (AvgIpc) is 2.26. The van der Waals surface area contributed by atoms with Crippen LogP contribution in [0.25, 0.3) is 0 Å². The zero-order valence-electron chi connectivity index (χ0n) is 8.61. The van der Waals surface area contributed by atoms with Crippen molar-refractivity contribution >= 4 is 5.97 Å². The van der Waals surface area contributed by atoms with Gasteiger partial charge < -0.3 is 9.84 Å². The van der Waals surface area contributed by atoms with Crippen LogP contribution in [0.2, 0.25) is 0 Å². The van der Waals surface area contributed by atoms with E-state index in [1.807, 2.05) is 0 Å². The standard InChI is InChI=1S/C11H13FO3/c1-7(11(13)14)10(12)8-5-3-4-6-9(8)15-2/h3-7,10H,1-2H3,(H,13,14). The molecule has 0 spiro atoms. The number of hydrogen-bond donors (Lipinski definition) is 1. The quantitative estimate of drug-likeness (QED) is 0.833. The lowest BCUT2D eigenvalue weighted by atomic mass is 9.98. The van der Waals surface area contributed by atoms with Gasteiger partial charge in [-0.15, -0.1) is 0 Å². The summed E-state index contributed by atoms with van der Waals surface area (Å²) in [5.41, 5.74) is 0.273. The molecule has 0 aromatic heterocycles. The van der Waals surface area contributed by atoms with Gasteiger partial charge in [0.1, 0.15) is 11.9 Å². The summed E-state index contributed by atoms with van der Waals surface area (Å²) in [6, 6.07) is 6.50. The van der Waals surface area contributed by atoms with Gasteiger partial charge in [0, 0.05) is 5.56 Å². The van der Waals surface area contributed by atoms with E-state index in [-0.39, 0.29) is 5.56 Å². The van der Waals surface area contributed by atoms with Crippen molar-refractivity contribution in [2.75, 3.05) is 7.11 Å². The molecule has 2 unspecified atom stereocenters. The zero-order valence-corrected chi connectivity index (χ0v) is 8.61. The summed E-state index contributed by atoms with van der Waals surface area (Å²) in [6.45, 7) is 1.33. The fourth-order valence-electron chi connectivity index (χ4n) is 1.29. The van der Waals surface area contributed by atoms with Crippen LogP contribution in [0.5, 0.6) is 5.75 Å². The first kappa shape index (κ1) is 11.5. The summed E-state index contributed by atoms with van der Waals surface area (Å²) < 4.78 is 18.7. The monoisotopic (exact) mass is 212 g/mol. The van der Waals surface area contributed by atoms with Crippen LogP contribution in [0.3, 0.4) is 0 Å². The Bertz CT molecular complexity index is 351. The molecule has 1 rings (SSSR count). The molecule has 3 nitrogen and oxygen atoms in total. The Morgan fingerprint density at radius 1 is 1.47 bits per heavy atom. The average molecular weight is 212 g/mol. The first-order chi connectivity index (χ1) is 7.07. The fourth-order valence-corrected chi connectivity index (χ4v) is 1.29. The Morgan fingerprint density at radius 3 is 2.60 bits per heavy atom. The van der Waals surface area contributed by atoms with Crippen molar-refractivity contribution in [2.45, 2.75) is 13.1 Å². The molecule has 2 atom stereocenters. The molecule has 0 radical (unpaired) electrons. The predicted octanol–water partition coefficient (Wildman–Crippen LogP) is 2.43. The summed E-state index contributed by atoms with van der Waals surface area (Å²) >= 11 is 0. The molecular formula is C11H13FO3. The molecule has 0 aliphatic rings. The van der Waals surface area contributed by atoms with Crippen LogP contribution in [-0.4, -0.2) is 18.2 Å². The van der Waals surface area contributed by atoms with E-state index in [2.05, 4.69) is 0 Å². The van der Waals surface area contributed by atoms with Crippen molar-refractivity contribution in [3.05, 3.63) is 29.8 Å². The first-order valence-corrected chi connectivity index (χ1v) is 4.57. The molecule has 1 aromatic carbocycles. The van der Waals surface area contributed by atoms with E-state index in [1.54, 1.807) is 18.2 Å². The molecule has 0 fully saturated rings. The Morgan fingerprint density at radius 2 is 2.07 bits per heavy atom. The molecule has 15 heavy (non-hydrogen) atoms. The molecule has 0 saturated carbocycles. The number of aliphatic carboxylic acids is 1. The van der Waals surface area contributed by atoms with Gasteiger partial charge in [0.15, 0.2) is 0 Å². The third-order valence-corrected chi connectivity index (χ3v) is 2.26. The van der Waals surface area contributed by atoms with Crippen molar-refractivity contribution in [2.24, 2.45) is 5.92 Å². The summed E-state index contributed by atoms with van der Waals surface area (Å²) in [5.74, 6) is -1.87. The third-order valence-electron chi connectivity index (χ3n) is 2.26. The highest BCUT2D eigenvalue weighted by Crippen LogP contribution is 2.32. The second-order valence-corrected chi connectivity index (χ2v) is 3.27. The minimum atomic E-state index is -1.56. The number of carboxylic acid groups (broad SMARTS) is 1. The van der Waals surface area contributed by atoms with E-state index in [0.29, 0.717) is 5.75 Å². The molecule has 0 saturated heterocycles. The van der Waals surface area contributed by atoms with E-state index in [9.17, 15) is 9.18 Å². The molecule has 0 aliphatic carbocycles. The van der Waals surface area contributed by atoms with E-state index < -0.39 is 18.1 Å².